The van der Waals surface area contributed by atoms with E-state index in [2.05, 4.69) is 4.90 Å². The molecule has 1 fully saturated rings. The van der Waals surface area contributed by atoms with Gasteiger partial charge in [-0.1, -0.05) is 17.7 Å². The highest BCUT2D eigenvalue weighted by atomic mass is 16.5. The topological polar surface area (TPSA) is 59.1 Å². The zero-order valence-corrected chi connectivity index (χ0v) is 19.0. The third-order valence-corrected chi connectivity index (χ3v) is 5.71. The normalized spacial score (nSPS) is 13.5. The first-order chi connectivity index (χ1) is 16.0. The second-order valence-electron chi connectivity index (χ2n) is 8.15. The summed E-state index contributed by atoms with van der Waals surface area (Å²) < 4.78 is 11.5. The second kappa shape index (κ2) is 10.2. The van der Waals surface area contributed by atoms with Crippen LogP contribution in [0.5, 0.6) is 17.2 Å². The molecule has 1 aliphatic rings. The predicted molar refractivity (Wildman–Crippen MR) is 128 cm³/mol. The Hall–Kier alpha value is -3.80. The van der Waals surface area contributed by atoms with E-state index in [1.807, 2.05) is 72.5 Å². The lowest BCUT2D eigenvalue weighted by Gasteiger charge is -2.36. The Bertz CT molecular complexity index is 1080. The molecule has 3 aromatic carbocycles. The van der Waals surface area contributed by atoms with Gasteiger partial charge < -0.3 is 19.3 Å². The van der Waals surface area contributed by atoms with Crippen LogP contribution in [0, 0.1) is 6.92 Å². The van der Waals surface area contributed by atoms with E-state index in [-0.39, 0.29) is 18.3 Å². The van der Waals surface area contributed by atoms with Crippen LogP contribution in [0.4, 0.5) is 5.69 Å². The number of carbonyl (C=O) groups is 2. The van der Waals surface area contributed by atoms with Gasteiger partial charge in [0, 0.05) is 37.4 Å². The van der Waals surface area contributed by atoms with Crippen molar-refractivity contribution in [1.29, 1.82) is 0 Å². The summed E-state index contributed by atoms with van der Waals surface area (Å²) in [5, 5.41) is 0. The summed E-state index contributed by atoms with van der Waals surface area (Å²) in [6.07, 6.45) is 0. The molecule has 0 aromatic heterocycles. The van der Waals surface area contributed by atoms with Crippen LogP contribution in [-0.4, -0.2) is 49.4 Å². The van der Waals surface area contributed by atoms with Gasteiger partial charge in [-0.3, -0.25) is 9.59 Å². The summed E-state index contributed by atoms with van der Waals surface area (Å²) in [7, 11) is 0. The summed E-state index contributed by atoms with van der Waals surface area (Å²) in [4.78, 5) is 28.1. The van der Waals surface area contributed by atoms with Gasteiger partial charge in [-0.15, -0.1) is 0 Å². The molecular weight excluding hydrogens is 416 g/mol. The Morgan fingerprint density at radius 1 is 0.758 bits per heavy atom. The first kappa shape index (κ1) is 22.4. The highest BCUT2D eigenvalue weighted by molar-refractivity contribution is 5.94. The average Bonchev–Trinajstić information content (AvgIpc) is 2.85. The molecule has 1 amide bonds. The third-order valence-electron chi connectivity index (χ3n) is 5.71. The maximum Gasteiger partial charge on any atom is 0.260 e. The monoisotopic (exact) mass is 444 g/mol. The van der Waals surface area contributed by atoms with Crippen LogP contribution in [-0.2, 0) is 4.79 Å². The smallest absolute Gasteiger partial charge is 0.260 e. The van der Waals surface area contributed by atoms with Crippen molar-refractivity contribution in [3.8, 4) is 17.2 Å². The zero-order chi connectivity index (χ0) is 23.2. The van der Waals surface area contributed by atoms with E-state index < -0.39 is 0 Å². The second-order valence-corrected chi connectivity index (χ2v) is 8.15. The van der Waals surface area contributed by atoms with E-state index >= 15 is 0 Å². The molecule has 0 unspecified atom stereocenters. The molecule has 33 heavy (non-hydrogen) atoms. The molecule has 0 saturated carbocycles. The summed E-state index contributed by atoms with van der Waals surface area (Å²) in [6.45, 7) is 6.37. The molecule has 170 valence electrons. The number of carbonyl (C=O) groups excluding carboxylic acids is 2. The number of ketones is 1. The Labute approximate surface area is 194 Å². The van der Waals surface area contributed by atoms with E-state index in [4.69, 9.17) is 9.47 Å². The van der Waals surface area contributed by atoms with Crippen molar-refractivity contribution >= 4 is 17.4 Å². The number of aryl methyl sites for hydroxylation is 1. The molecule has 0 N–H and O–H groups in total. The van der Waals surface area contributed by atoms with E-state index in [0.29, 0.717) is 30.2 Å². The van der Waals surface area contributed by atoms with Gasteiger partial charge in [-0.2, -0.15) is 0 Å². The van der Waals surface area contributed by atoms with Crippen LogP contribution in [0.25, 0.3) is 0 Å². The van der Waals surface area contributed by atoms with Crippen LogP contribution >= 0.6 is 0 Å². The number of nitrogens with zero attached hydrogens (tertiary/aromatic N) is 2. The molecule has 0 bridgehead atoms. The number of benzene rings is 3. The number of anilines is 1. The lowest BCUT2D eigenvalue weighted by Crippen LogP contribution is -2.50. The molecule has 0 spiro atoms. The Morgan fingerprint density at radius 3 is 1.88 bits per heavy atom. The van der Waals surface area contributed by atoms with Gasteiger partial charge in [0.05, 0.1) is 0 Å². The van der Waals surface area contributed by atoms with Gasteiger partial charge >= 0.3 is 0 Å². The van der Waals surface area contributed by atoms with Crippen molar-refractivity contribution in [2.24, 2.45) is 0 Å². The Morgan fingerprint density at radius 2 is 1.30 bits per heavy atom. The first-order valence-electron chi connectivity index (χ1n) is 11.1. The van der Waals surface area contributed by atoms with E-state index in [0.717, 1.165) is 24.5 Å². The molecule has 6 nitrogen and oxygen atoms in total. The van der Waals surface area contributed by atoms with Crippen LogP contribution in [0.1, 0.15) is 22.8 Å². The molecular formula is C27H28N2O4. The number of piperazine rings is 1. The molecule has 0 atom stereocenters. The van der Waals surface area contributed by atoms with Gasteiger partial charge in [0.1, 0.15) is 17.2 Å². The molecule has 1 saturated heterocycles. The van der Waals surface area contributed by atoms with Crippen molar-refractivity contribution in [1.82, 2.24) is 4.90 Å². The van der Waals surface area contributed by atoms with Crippen LogP contribution in [0.3, 0.4) is 0 Å². The lowest BCUT2D eigenvalue weighted by molar-refractivity contribution is -0.133. The maximum atomic E-state index is 12.6. The zero-order valence-electron chi connectivity index (χ0n) is 19.0. The average molecular weight is 445 g/mol. The van der Waals surface area contributed by atoms with E-state index in [9.17, 15) is 9.59 Å². The van der Waals surface area contributed by atoms with Crippen molar-refractivity contribution in [3.05, 3.63) is 83.9 Å². The van der Waals surface area contributed by atoms with Gasteiger partial charge in [0.25, 0.3) is 5.91 Å². The molecule has 1 heterocycles. The molecule has 3 aromatic rings. The number of ether oxygens (including phenoxy) is 2. The highest BCUT2D eigenvalue weighted by Crippen LogP contribution is 2.24. The van der Waals surface area contributed by atoms with Gasteiger partial charge in [-0.25, -0.2) is 0 Å². The largest absolute Gasteiger partial charge is 0.484 e. The summed E-state index contributed by atoms with van der Waals surface area (Å²) >= 11 is 0. The van der Waals surface area contributed by atoms with Crippen molar-refractivity contribution in [2.45, 2.75) is 13.8 Å². The maximum absolute atomic E-state index is 12.6. The fourth-order valence-corrected chi connectivity index (χ4v) is 3.70. The van der Waals surface area contributed by atoms with Gasteiger partial charge in [0.2, 0.25) is 0 Å². The van der Waals surface area contributed by atoms with Crippen molar-refractivity contribution in [3.63, 3.8) is 0 Å². The number of Topliss-reactive ketones (excluding diaryl/α,β-unsaturated/α-hetero) is 1. The summed E-state index contributed by atoms with van der Waals surface area (Å²) in [5.41, 5.74) is 2.95. The first-order valence-corrected chi connectivity index (χ1v) is 11.1. The van der Waals surface area contributed by atoms with Crippen molar-refractivity contribution < 1.29 is 19.1 Å². The summed E-state index contributed by atoms with van der Waals surface area (Å²) in [5.74, 6) is 2.15. The standard InChI is InChI=1S/C27H28N2O4/c1-20-3-9-25(10-4-20)33-26-13-11-24(12-14-26)32-19-27(31)29-17-15-28(16-18-29)23-7-5-22(6-8-23)21(2)30/h3-14H,15-19H2,1-2H3. The van der Waals surface area contributed by atoms with Gasteiger partial charge in [-0.05, 0) is 74.5 Å². The fourth-order valence-electron chi connectivity index (χ4n) is 3.70. The molecule has 1 aliphatic heterocycles. The van der Waals surface area contributed by atoms with Crippen LogP contribution < -0.4 is 14.4 Å². The third kappa shape index (κ3) is 5.92. The van der Waals surface area contributed by atoms with E-state index in [1.54, 1.807) is 19.1 Å². The molecule has 6 heteroatoms. The minimum atomic E-state index is -0.0263. The van der Waals surface area contributed by atoms with Crippen LogP contribution in [0.2, 0.25) is 0 Å². The SMILES string of the molecule is CC(=O)c1ccc(N2CCN(C(=O)COc3ccc(Oc4ccc(C)cc4)cc3)CC2)cc1. The minimum Gasteiger partial charge on any atom is -0.484 e. The Balaban J connectivity index is 1.23. The van der Waals surface area contributed by atoms with Crippen LogP contribution in [0.15, 0.2) is 72.8 Å². The molecule has 0 radical (unpaired) electrons. The van der Waals surface area contributed by atoms with E-state index in [1.165, 1.54) is 5.56 Å². The minimum absolute atomic E-state index is 0.00543. The quantitative estimate of drug-likeness (QED) is 0.494. The number of hydrogen-bond acceptors (Lipinski definition) is 5. The molecule has 0 aliphatic carbocycles. The van der Waals surface area contributed by atoms with Gasteiger partial charge in [0.15, 0.2) is 12.4 Å². The highest BCUT2D eigenvalue weighted by Gasteiger charge is 2.21. The number of hydrogen-bond donors (Lipinski definition) is 0. The fraction of sp³-hybridized carbons (Fsp3) is 0.259. The number of amides is 1. The van der Waals surface area contributed by atoms with Crippen molar-refractivity contribution in [2.75, 3.05) is 37.7 Å². The summed E-state index contributed by atoms with van der Waals surface area (Å²) in [6, 6.07) is 22.8. The molecule has 4 rings (SSSR count). The predicted octanol–water partition coefficient (Wildman–Crippen LogP) is 4.72. The lowest BCUT2D eigenvalue weighted by atomic mass is 10.1. The Kier molecular flexibility index (Phi) is 6.93. The number of rotatable bonds is 7.